The van der Waals surface area contributed by atoms with Gasteiger partial charge in [-0.1, -0.05) is 25.7 Å². The zero-order valence-corrected chi connectivity index (χ0v) is 13.2. The Bertz CT molecular complexity index is 660. The molecule has 0 atom stereocenters. The topological polar surface area (TPSA) is 72.2 Å². The van der Waals surface area contributed by atoms with Crippen molar-refractivity contribution < 1.29 is 26.0 Å². The van der Waals surface area contributed by atoms with Gasteiger partial charge in [0.25, 0.3) is 0 Å². The van der Waals surface area contributed by atoms with Gasteiger partial charge in [-0.15, -0.1) is 0 Å². The Morgan fingerprint density at radius 1 is 1.00 bits per heavy atom. The zero-order chi connectivity index (χ0) is 17.3. The Hall–Kier alpha value is -1.19. The highest BCUT2D eigenvalue weighted by atomic mass is 32.2. The molecule has 9 heteroatoms. The minimum Gasteiger partial charge on any atom is -0.324 e. The molecule has 0 radical (unpaired) electrons. The van der Waals surface area contributed by atoms with Crippen LogP contribution in [0.15, 0.2) is 11.0 Å². The van der Waals surface area contributed by atoms with Crippen LogP contribution in [0.4, 0.5) is 17.6 Å². The molecule has 1 fully saturated rings. The van der Waals surface area contributed by atoms with Gasteiger partial charge >= 0.3 is 0 Å². The van der Waals surface area contributed by atoms with Crippen molar-refractivity contribution in [1.82, 2.24) is 4.72 Å². The lowest BCUT2D eigenvalue weighted by molar-refractivity contribution is 0.367. The smallest absolute Gasteiger partial charge is 0.246 e. The lowest BCUT2D eigenvalue weighted by Crippen LogP contribution is -2.49. The quantitative estimate of drug-likeness (QED) is 0.496. The molecular weight excluding hydrogens is 336 g/mol. The molecule has 0 spiro atoms. The highest BCUT2D eigenvalue weighted by Crippen LogP contribution is 2.27. The second-order valence-electron chi connectivity index (χ2n) is 5.90. The number of hydrogen-bond donors (Lipinski definition) is 2. The average Bonchev–Trinajstić information content (AvgIpc) is 2.69. The first-order valence-electron chi connectivity index (χ1n) is 7.28. The molecule has 3 N–H and O–H groups in total. The van der Waals surface area contributed by atoms with Crippen LogP contribution in [0, 0.1) is 23.3 Å². The summed E-state index contributed by atoms with van der Waals surface area (Å²) in [6, 6.07) is -0.0423. The lowest BCUT2D eigenvalue weighted by Gasteiger charge is -2.28. The summed E-state index contributed by atoms with van der Waals surface area (Å²) in [7, 11) is -4.78. The molecule has 0 amide bonds. The van der Waals surface area contributed by atoms with Crippen LogP contribution >= 0.6 is 0 Å². The van der Waals surface area contributed by atoms with Gasteiger partial charge in [0.1, 0.15) is 0 Å². The summed E-state index contributed by atoms with van der Waals surface area (Å²) in [6.07, 6.45) is 4.69. The normalized spacial score (nSPS) is 18.7. The SMILES string of the molecule is NC1(CNS(=O)(=O)c2c(F)c(F)cc(F)c2F)CCCCCC1. The Kier molecular flexibility index (Phi) is 5.32. The maximum absolute atomic E-state index is 13.6. The van der Waals surface area contributed by atoms with E-state index in [1.165, 1.54) is 0 Å². The number of nitrogens with two attached hydrogens (primary N) is 1. The van der Waals surface area contributed by atoms with Gasteiger partial charge in [-0.05, 0) is 12.8 Å². The maximum atomic E-state index is 13.6. The van der Waals surface area contributed by atoms with Gasteiger partial charge in [0.05, 0.1) is 0 Å². The Morgan fingerprint density at radius 3 is 1.96 bits per heavy atom. The molecule has 130 valence electrons. The molecule has 0 saturated heterocycles. The van der Waals surface area contributed by atoms with Gasteiger partial charge in [0, 0.05) is 18.2 Å². The standard InChI is InChI=1S/C14H18F4N2O2S/c15-9-7-10(16)12(18)13(11(9)17)23(21,22)20-8-14(19)5-3-1-2-4-6-14/h7,20H,1-6,8,19H2. The van der Waals surface area contributed by atoms with E-state index in [-0.39, 0.29) is 12.6 Å². The van der Waals surface area contributed by atoms with Crippen LogP contribution in [0.1, 0.15) is 38.5 Å². The summed E-state index contributed by atoms with van der Waals surface area (Å²) in [5.74, 6) is -7.46. The third-order valence-corrected chi connectivity index (χ3v) is 5.47. The van der Waals surface area contributed by atoms with Crippen molar-refractivity contribution in [3.05, 3.63) is 29.3 Å². The van der Waals surface area contributed by atoms with Crippen molar-refractivity contribution in [2.75, 3.05) is 6.54 Å². The fourth-order valence-corrected chi connectivity index (χ4v) is 4.00. The van der Waals surface area contributed by atoms with Crippen molar-refractivity contribution in [3.63, 3.8) is 0 Å². The lowest BCUT2D eigenvalue weighted by atomic mass is 9.92. The van der Waals surface area contributed by atoms with E-state index in [9.17, 15) is 26.0 Å². The third kappa shape index (κ3) is 4.02. The first-order valence-corrected chi connectivity index (χ1v) is 8.76. The van der Waals surface area contributed by atoms with Gasteiger partial charge in [0.15, 0.2) is 28.2 Å². The predicted molar refractivity (Wildman–Crippen MR) is 76.1 cm³/mol. The van der Waals surface area contributed by atoms with E-state index >= 15 is 0 Å². The van der Waals surface area contributed by atoms with Crippen LogP contribution in [0.25, 0.3) is 0 Å². The first-order chi connectivity index (χ1) is 10.7. The summed E-state index contributed by atoms with van der Waals surface area (Å²) in [6.45, 7) is -0.258. The summed E-state index contributed by atoms with van der Waals surface area (Å²) >= 11 is 0. The highest BCUT2D eigenvalue weighted by molar-refractivity contribution is 7.89. The van der Waals surface area contributed by atoms with Crippen LogP contribution in [0.2, 0.25) is 0 Å². The Morgan fingerprint density at radius 2 is 1.48 bits per heavy atom. The molecule has 23 heavy (non-hydrogen) atoms. The van der Waals surface area contributed by atoms with Gasteiger partial charge < -0.3 is 5.73 Å². The molecule has 1 saturated carbocycles. The van der Waals surface area contributed by atoms with Crippen molar-refractivity contribution >= 4 is 10.0 Å². The van der Waals surface area contributed by atoms with Gasteiger partial charge in [0.2, 0.25) is 10.0 Å². The molecule has 1 aromatic rings. The summed E-state index contributed by atoms with van der Waals surface area (Å²) in [5, 5.41) is 0. The Labute approximate surface area is 132 Å². The number of hydrogen-bond acceptors (Lipinski definition) is 3. The van der Waals surface area contributed by atoms with Gasteiger partial charge in [-0.2, -0.15) is 0 Å². The number of sulfonamides is 1. The molecule has 1 aliphatic rings. The van der Waals surface area contributed by atoms with Crippen LogP contribution in [-0.4, -0.2) is 20.5 Å². The average molecular weight is 354 g/mol. The molecule has 0 bridgehead atoms. The van der Waals surface area contributed by atoms with E-state index in [2.05, 4.69) is 0 Å². The molecule has 0 aliphatic heterocycles. The second-order valence-corrected chi connectivity index (χ2v) is 7.60. The van der Waals surface area contributed by atoms with Gasteiger partial charge in [-0.25, -0.2) is 30.7 Å². The van der Waals surface area contributed by atoms with Crippen LogP contribution < -0.4 is 10.5 Å². The van der Waals surface area contributed by atoms with E-state index in [0.717, 1.165) is 25.7 Å². The van der Waals surface area contributed by atoms with Crippen molar-refractivity contribution in [1.29, 1.82) is 0 Å². The summed E-state index contributed by atoms with van der Waals surface area (Å²) in [5.41, 5.74) is 5.27. The molecule has 1 aliphatic carbocycles. The Balaban J connectivity index is 2.26. The molecule has 0 aromatic heterocycles. The van der Waals surface area contributed by atoms with E-state index < -0.39 is 43.7 Å². The summed E-state index contributed by atoms with van der Waals surface area (Å²) in [4.78, 5) is -1.66. The van der Waals surface area contributed by atoms with E-state index in [4.69, 9.17) is 5.73 Å². The molecule has 2 rings (SSSR count). The number of nitrogens with one attached hydrogen (secondary N) is 1. The largest absolute Gasteiger partial charge is 0.324 e. The minimum atomic E-state index is -4.78. The van der Waals surface area contributed by atoms with Crippen LogP contribution in [0.5, 0.6) is 0 Å². The van der Waals surface area contributed by atoms with Crippen LogP contribution in [-0.2, 0) is 10.0 Å². The molecule has 4 nitrogen and oxygen atoms in total. The molecule has 1 aromatic carbocycles. The third-order valence-electron chi connectivity index (χ3n) is 4.05. The molecule has 0 heterocycles. The van der Waals surface area contributed by atoms with E-state index in [1.54, 1.807) is 0 Å². The van der Waals surface area contributed by atoms with Crippen molar-refractivity contribution in [3.8, 4) is 0 Å². The number of halogens is 4. The van der Waals surface area contributed by atoms with Gasteiger partial charge in [-0.3, -0.25) is 0 Å². The van der Waals surface area contributed by atoms with E-state index in [0.29, 0.717) is 12.8 Å². The van der Waals surface area contributed by atoms with Crippen molar-refractivity contribution in [2.45, 2.75) is 49.0 Å². The second kappa shape index (κ2) is 6.74. The number of rotatable bonds is 4. The number of benzene rings is 1. The predicted octanol–water partition coefficient (Wildman–Crippen LogP) is 2.57. The molecule has 0 unspecified atom stereocenters. The summed E-state index contributed by atoms with van der Waals surface area (Å²) < 4.78 is 79.7. The fraction of sp³-hybridized carbons (Fsp3) is 0.571. The fourth-order valence-electron chi connectivity index (χ4n) is 2.71. The first kappa shape index (κ1) is 18.2. The van der Waals surface area contributed by atoms with Crippen molar-refractivity contribution in [2.24, 2.45) is 5.73 Å². The highest BCUT2D eigenvalue weighted by Gasteiger charge is 2.33. The maximum Gasteiger partial charge on any atom is 0.246 e. The van der Waals surface area contributed by atoms with Crippen LogP contribution in [0.3, 0.4) is 0 Å². The zero-order valence-electron chi connectivity index (χ0n) is 12.3. The monoisotopic (exact) mass is 354 g/mol. The molecular formula is C14H18F4N2O2S. The minimum absolute atomic E-state index is 0.0423. The van der Waals surface area contributed by atoms with E-state index in [1.807, 2.05) is 4.72 Å².